The van der Waals surface area contributed by atoms with Crippen molar-refractivity contribution in [1.29, 1.82) is 0 Å². The number of methoxy groups -OCH3 is 1. The number of hydrogen-bond acceptors (Lipinski definition) is 3. The van der Waals surface area contributed by atoms with E-state index >= 15 is 0 Å². The third-order valence-electron chi connectivity index (χ3n) is 3.64. The fraction of sp³-hybridized carbons (Fsp3) is 0.625. The number of morpholine rings is 1. The predicted octanol–water partition coefficient (Wildman–Crippen LogP) is 3.04. The molecule has 3 nitrogen and oxygen atoms in total. The van der Waals surface area contributed by atoms with Crippen LogP contribution in [0.15, 0.2) is 18.2 Å². The molecule has 2 rings (SSSR count). The maximum atomic E-state index is 5.94. The van der Waals surface area contributed by atoms with Gasteiger partial charge in [0.2, 0.25) is 0 Å². The van der Waals surface area contributed by atoms with E-state index in [1.54, 1.807) is 7.11 Å². The summed E-state index contributed by atoms with van der Waals surface area (Å²) in [7, 11) is 1.72. The molecule has 1 aromatic rings. The van der Waals surface area contributed by atoms with Crippen LogP contribution in [0.3, 0.4) is 0 Å². The summed E-state index contributed by atoms with van der Waals surface area (Å²) in [4.78, 5) is 0. The molecule has 3 heteroatoms. The summed E-state index contributed by atoms with van der Waals surface area (Å²) in [5.41, 5.74) is 2.59. The van der Waals surface area contributed by atoms with E-state index in [2.05, 4.69) is 51.2 Å². The monoisotopic (exact) mass is 263 g/mol. The third-order valence-corrected chi connectivity index (χ3v) is 3.64. The minimum Gasteiger partial charge on any atom is -0.496 e. The summed E-state index contributed by atoms with van der Waals surface area (Å²) in [6.45, 7) is 10.4. The van der Waals surface area contributed by atoms with Gasteiger partial charge in [-0.1, -0.05) is 26.8 Å². The lowest BCUT2D eigenvalue weighted by atomic mass is 9.85. The molecule has 1 saturated heterocycles. The van der Waals surface area contributed by atoms with Crippen LogP contribution >= 0.6 is 0 Å². The number of nitrogens with one attached hydrogen (secondary N) is 1. The van der Waals surface area contributed by atoms with Gasteiger partial charge in [-0.05, 0) is 30.0 Å². The van der Waals surface area contributed by atoms with Crippen LogP contribution in [0.2, 0.25) is 0 Å². The van der Waals surface area contributed by atoms with Crippen LogP contribution < -0.4 is 10.1 Å². The van der Waals surface area contributed by atoms with E-state index in [4.69, 9.17) is 9.47 Å². The summed E-state index contributed by atoms with van der Waals surface area (Å²) in [6.07, 6.45) is 0.0773. The molecule has 2 atom stereocenters. The number of hydrogen-bond donors (Lipinski definition) is 1. The van der Waals surface area contributed by atoms with Gasteiger partial charge in [0, 0.05) is 18.2 Å². The van der Waals surface area contributed by atoms with Crippen molar-refractivity contribution in [2.75, 3.05) is 20.3 Å². The molecule has 1 heterocycles. The molecule has 0 saturated carbocycles. The van der Waals surface area contributed by atoms with Crippen LogP contribution in [0.5, 0.6) is 5.75 Å². The Kier molecular flexibility index (Phi) is 4.16. The Bertz CT molecular complexity index is 429. The Balaban J connectivity index is 2.31. The van der Waals surface area contributed by atoms with E-state index in [1.165, 1.54) is 5.56 Å². The Morgan fingerprint density at radius 1 is 1.32 bits per heavy atom. The van der Waals surface area contributed by atoms with Crippen LogP contribution in [-0.4, -0.2) is 26.3 Å². The molecular formula is C16H25NO2. The maximum Gasteiger partial charge on any atom is 0.124 e. The van der Waals surface area contributed by atoms with Gasteiger partial charge in [-0.15, -0.1) is 0 Å². The van der Waals surface area contributed by atoms with E-state index < -0.39 is 0 Å². The predicted molar refractivity (Wildman–Crippen MR) is 77.9 cm³/mol. The van der Waals surface area contributed by atoms with E-state index in [0.717, 1.165) is 24.5 Å². The van der Waals surface area contributed by atoms with E-state index in [1.807, 2.05) is 0 Å². The lowest BCUT2D eigenvalue weighted by Gasteiger charge is -2.30. The zero-order chi connectivity index (χ0) is 14.0. The molecule has 0 aromatic heterocycles. The van der Waals surface area contributed by atoms with Gasteiger partial charge in [0.15, 0.2) is 0 Å². The number of ether oxygens (including phenoxy) is 2. The van der Waals surface area contributed by atoms with E-state index in [0.29, 0.717) is 6.04 Å². The molecule has 2 unspecified atom stereocenters. The molecule has 0 radical (unpaired) electrons. The van der Waals surface area contributed by atoms with Crippen LogP contribution in [0.4, 0.5) is 0 Å². The normalized spacial score (nSPS) is 24.3. The Morgan fingerprint density at radius 2 is 2.05 bits per heavy atom. The topological polar surface area (TPSA) is 30.5 Å². The molecule has 1 N–H and O–H groups in total. The lowest BCUT2D eigenvalue weighted by molar-refractivity contribution is 0.00566. The second-order valence-electron chi connectivity index (χ2n) is 6.34. The molecule has 1 aliphatic rings. The molecule has 19 heavy (non-hydrogen) atoms. The highest BCUT2D eigenvalue weighted by molar-refractivity contribution is 5.41. The fourth-order valence-electron chi connectivity index (χ4n) is 2.34. The molecule has 0 amide bonds. The Morgan fingerprint density at radius 3 is 2.58 bits per heavy atom. The van der Waals surface area contributed by atoms with Crippen LogP contribution in [-0.2, 0) is 10.2 Å². The van der Waals surface area contributed by atoms with E-state index in [-0.39, 0.29) is 11.5 Å². The summed E-state index contributed by atoms with van der Waals surface area (Å²) in [6, 6.07) is 6.84. The van der Waals surface area contributed by atoms with Crippen LogP contribution in [0, 0.1) is 0 Å². The van der Waals surface area contributed by atoms with Crippen molar-refractivity contribution in [1.82, 2.24) is 5.32 Å². The highest BCUT2D eigenvalue weighted by Crippen LogP contribution is 2.33. The molecule has 1 fully saturated rings. The highest BCUT2D eigenvalue weighted by Gasteiger charge is 2.24. The van der Waals surface area contributed by atoms with Gasteiger partial charge < -0.3 is 14.8 Å². The lowest BCUT2D eigenvalue weighted by Crippen LogP contribution is -2.40. The Hall–Kier alpha value is -1.06. The standard InChI is InChI=1S/C16H25NO2/c1-11-10-19-15(9-17-11)13-8-12(16(2,3)4)6-7-14(13)18-5/h6-8,11,15,17H,9-10H2,1-5H3. The van der Waals surface area contributed by atoms with Crippen molar-refractivity contribution in [2.45, 2.75) is 45.3 Å². The molecule has 0 bridgehead atoms. The molecular weight excluding hydrogens is 238 g/mol. The molecule has 106 valence electrons. The summed E-state index contributed by atoms with van der Waals surface area (Å²) >= 11 is 0. The average Bonchev–Trinajstić information content (AvgIpc) is 2.38. The molecule has 1 aliphatic heterocycles. The summed E-state index contributed by atoms with van der Waals surface area (Å²) in [5.74, 6) is 0.911. The summed E-state index contributed by atoms with van der Waals surface area (Å²) < 4.78 is 11.4. The van der Waals surface area contributed by atoms with Gasteiger partial charge in [0.05, 0.1) is 19.8 Å². The first-order valence-corrected chi connectivity index (χ1v) is 6.95. The molecule has 1 aromatic carbocycles. The van der Waals surface area contributed by atoms with Crippen LogP contribution in [0.25, 0.3) is 0 Å². The largest absolute Gasteiger partial charge is 0.496 e. The van der Waals surface area contributed by atoms with Gasteiger partial charge in [0.1, 0.15) is 5.75 Å². The van der Waals surface area contributed by atoms with Crippen molar-refractivity contribution in [3.63, 3.8) is 0 Å². The van der Waals surface area contributed by atoms with Gasteiger partial charge >= 0.3 is 0 Å². The van der Waals surface area contributed by atoms with Crippen molar-refractivity contribution in [2.24, 2.45) is 0 Å². The molecule has 0 spiro atoms. The number of benzene rings is 1. The van der Waals surface area contributed by atoms with Crippen molar-refractivity contribution >= 4 is 0 Å². The van der Waals surface area contributed by atoms with Gasteiger partial charge in [-0.25, -0.2) is 0 Å². The van der Waals surface area contributed by atoms with E-state index in [9.17, 15) is 0 Å². The fourth-order valence-corrected chi connectivity index (χ4v) is 2.34. The first kappa shape index (κ1) is 14.4. The summed E-state index contributed by atoms with van der Waals surface area (Å²) in [5, 5.41) is 3.46. The second-order valence-corrected chi connectivity index (χ2v) is 6.34. The highest BCUT2D eigenvalue weighted by atomic mass is 16.5. The first-order valence-electron chi connectivity index (χ1n) is 6.95. The molecule has 0 aliphatic carbocycles. The van der Waals surface area contributed by atoms with Crippen molar-refractivity contribution < 1.29 is 9.47 Å². The van der Waals surface area contributed by atoms with Crippen LogP contribution in [0.1, 0.15) is 44.9 Å². The van der Waals surface area contributed by atoms with Gasteiger partial charge in [-0.2, -0.15) is 0 Å². The second kappa shape index (κ2) is 5.51. The minimum atomic E-state index is 0.0773. The SMILES string of the molecule is COc1ccc(C(C)(C)C)cc1C1CNC(C)CO1. The zero-order valence-electron chi connectivity index (χ0n) is 12.6. The Labute approximate surface area is 116 Å². The van der Waals surface area contributed by atoms with Gasteiger partial charge in [0.25, 0.3) is 0 Å². The maximum absolute atomic E-state index is 5.94. The minimum absolute atomic E-state index is 0.0773. The average molecular weight is 263 g/mol. The quantitative estimate of drug-likeness (QED) is 0.889. The zero-order valence-corrected chi connectivity index (χ0v) is 12.6. The number of rotatable bonds is 2. The smallest absolute Gasteiger partial charge is 0.124 e. The van der Waals surface area contributed by atoms with Gasteiger partial charge in [-0.3, -0.25) is 0 Å². The van der Waals surface area contributed by atoms with Crippen molar-refractivity contribution in [3.8, 4) is 5.75 Å². The third kappa shape index (κ3) is 3.28. The first-order chi connectivity index (χ1) is 8.91. The van der Waals surface area contributed by atoms with Crippen molar-refractivity contribution in [3.05, 3.63) is 29.3 Å².